The number of hydrogen-bond acceptors (Lipinski definition) is 4. The Labute approximate surface area is 150 Å². The molecule has 2 N–H and O–H groups in total. The molecule has 2 aromatic carbocycles. The highest BCUT2D eigenvalue weighted by Crippen LogP contribution is 2.30. The molecule has 1 aliphatic rings. The number of nitrogens with zero attached hydrogens (tertiary/aromatic N) is 1. The summed E-state index contributed by atoms with van der Waals surface area (Å²) in [7, 11) is 0. The van der Waals surface area contributed by atoms with Crippen molar-refractivity contribution in [3.05, 3.63) is 71.3 Å². The van der Waals surface area contributed by atoms with Crippen LogP contribution in [0.2, 0.25) is 0 Å². The van der Waals surface area contributed by atoms with Gasteiger partial charge in [0.1, 0.15) is 12.4 Å². The third-order valence-electron chi connectivity index (χ3n) is 4.26. The van der Waals surface area contributed by atoms with Gasteiger partial charge >= 0.3 is 12.1 Å². The Hall–Kier alpha value is -3.28. The van der Waals surface area contributed by atoms with Crippen molar-refractivity contribution in [2.24, 2.45) is 0 Å². The van der Waals surface area contributed by atoms with E-state index in [-0.39, 0.29) is 24.0 Å². The first kappa shape index (κ1) is 17.5. The summed E-state index contributed by atoms with van der Waals surface area (Å²) in [5.41, 5.74) is 2.44. The summed E-state index contributed by atoms with van der Waals surface area (Å²) >= 11 is 0. The molecule has 2 aromatic rings. The molecule has 0 aromatic heterocycles. The van der Waals surface area contributed by atoms with Crippen LogP contribution in [0, 0.1) is 0 Å². The van der Waals surface area contributed by atoms with E-state index in [2.05, 4.69) is 0 Å². The highest BCUT2D eigenvalue weighted by atomic mass is 16.6. The van der Waals surface area contributed by atoms with Gasteiger partial charge in [0.2, 0.25) is 0 Å². The molecule has 0 radical (unpaired) electrons. The van der Waals surface area contributed by atoms with E-state index in [9.17, 15) is 14.7 Å². The molecule has 6 nitrogen and oxygen atoms in total. The number of benzene rings is 2. The van der Waals surface area contributed by atoms with Crippen LogP contribution in [0.3, 0.4) is 0 Å². The highest BCUT2D eigenvalue weighted by Gasteiger charge is 2.20. The minimum Gasteiger partial charge on any atom is -0.507 e. The van der Waals surface area contributed by atoms with Crippen LogP contribution < -0.4 is 0 Å². The average Bonchev–Trinajstić information content (AvgIpc) is 2.67. The molecule has 1 aliphatic heterocycles. The summed E-state index contributed by atoms with van der Waals surface area (Å²) in [5, 5.41) is 19.0. The molecular weight excluding hydrogens is 334 g/mol. The minimum absolute atomic E-state index is 0.0359. The number of phenols is 1. The minimum atomic E-state index is -1.09. The second kappa shape index (κ2) is 7.74. The Morgan fingerprint density at radius 1 is 1.12 bits per heavy atom. The fourth-order valence-corrected chi connectivity index (χ4v) is 2.83. The van der Waals surface area contributed by atoms with Gasteiger partial charge in [-0.1, -0.05) is 42.5 Å². The van der Waals surface area contributed by atoms with Crippen LogP contribution in [-0.2, 0) is 11.3 Å². The Balaban J connectivity index is 1.61. The summed E-state index contributed by atoms with van der Waals surface area (Å²) in [6.07, 6.45) is 2.03. The molecule has 0 atom stereocenters. The summed E-state index contributed by atoms with van der Waals surface area (Å²) in [6, 6.07) is 13.8. The van der Waals surface area contributed by atoms with Crippen molar-refractivity contribution >= 4 is 17.6 Å². The number of carbonyl (C=O) groups is 2. The third-order valence-corrected chi connectivity index (χ3v) is 4.26. The molecular formula is C20H19NO5. The molecule has 0 unspecified atom stereocenters. The third kappa shape index (κ3) is 4.03. The zero-order chi connectivity index (χ0) is 18.5. The van der Waals surface area contributed by atoms with E-state index in [1.165, 1.54) is 12.1 Å². The molecule has 0 saturated carbocycles. The van der Waals surface area contributed by atoms with Crippen molar-refractivity contribution in [2.75, 3.05) is 13.1 Å². The van der Waals surface area contributed by atoms with Crippen molar-refractivity contribution < 1.29 is 24.5 Å². The Bertz CT molecular complexity index is 845. The molecule has 1 heterocycles. The van der Waals surface area contributed by atoms with Crippen LogP contribution in [0.1, 0.15) is 27.9 Å². The quantitative estimate of drug-likeness (QED) is 0.878. The van der Waals surface area contributed by atoms with Gasteiger partial charge in [0.05, 0.1) is 5.56 Å². The van der Waals surface area contributed by atoms with Crippen LogP contribution in [-0.4, -0.2) is 40.3 Å². The maximum absolute atomic E-state index is 12.2. The number of aromatic hydroxyl groups is 1. The lowest BCUT2D eigenvalue weighted by Crippen LogP contribution is -2.35. The molecule has 0 spiro atoms. The van der Waals surface area contributed by atoms with Gasteiger partial charge in [-0.15, -0.1) is 0 Å². The number of ether oxygens (including phenoxy) is 1. The van der Waals surface area contributed by atoms with Gasteiger partial charge in [0.15, 0.2) is 0 Å². The van der Waals surface area contributed by atoms with E-state index < -0.39 is 5.97 Å². The normalized spacial score (nSPS) is 13.8. The monoisotopic (exact) mass is 353 g/mol. The van der Waals surface area contributed by atoms with Crippen LogP contribution >= 0.6 is 0 Å². The smallest absolute Gasteiger partial charge is 0.410 e. The Morgan fingerprint density at radius 3 is 2.50 bits per heavy atom. The number of amides is 1. The van der Waals surface area contributed by atoms with Crippen LogP contribution in [0.4, 0.5) is 4.79 Å². The zero-order valence-corrected chi connectivity index (χ0v) is 14.1. The molecule has 6 heteroatoms. The first-order valence-corrected chi connectivity index (χ1v) is 8.26. The molecule has 3 rings (SSSR count). The number of carboxylic acids is 1. The highest BCUT2D eigenvalue weighted by molar-refractivity contribution is 5.89. The van der Waals surface area contributed by atoms with Gasteiger partial charge in [-0.25, -0.2) is 9.59 Å². The molecule has 134 valence electrons. The number of phenolic OH excluding ortho intramolecular Hbond substituents is 1. The van der Waals surface area contributed by atoms with Crippen molar-refractivity contribution in [3.63, 3.8) is 0 Å². The second-order valence-electron chi connectivity index (χ2n) is 6.00. The van der Waals surface area contributed by atoms with E-state index >= 15 is 0 Å². The molecule has 0 fully saturated rings. The average molecular weight is 353 g/mol. The lowest BCUT2D eigenvalue weighted by atomic mass is 9.97. The van der Waals surface area contributed by atoms with Crippen molar-refractivity contribution in [1.29, 1.82) is 0 Å². The zero-order valence-electron chi connectivity index (χ0n) is 14.1. The van der Waals surface area contributed by atoms with Crippen LogP contribution in [0.15, 0.2) is 54.6 Å². The van der Waals surface area contributed by atoms with Crippen LogP contribution in [0.25, 0.3) is 5.57 Å². The summed E-state index contributed by atoms with van der Waals surface area (Å²) in [6.45, 7) is 1.08. The van der Waals surface area contributed by atoms with Gasteiger partial charge in [-0.2, -0.15) is 0 Å². The van der Waals surface area contributed by atoms with Gasteiger partial charge in [0, 0.05) is 18.7 Å². The molecule has 0 aliphatic carbocycles. The number of rotatable bonds is 4. The molecule has 0 saturated heterocycles. The lowest BCUT2D eigenvalue weighted by Gasteiger charge is -2.26. The lowest BCUT2D eigenvalue weighted by molar-refractivity contribution is 0.0696. The van der Waals surface area contributed by atoms with Crippen molar-refractivity contribution in [3.8, 4) is 5.75 Å². The fourth-order valence-electron chi connectivity index (χ4n) is 2.83. The summed E-state index contributed by atoms with van der Waals surface area (Å²) < 4.78 is 5.32. The van der Waals surface area contributed by atoms with Crippen molar-refractivity contribution in [1.82, 2.24) is 4.90 Å². The molecule has 26 heavy (non-hydrogen) atoms. The SMILES string of the molecule is O=C(O)c1ccc(C2=CCN(C(=O)OCc3ccccc3)CC2)c(O)c1. The fraction of sp³-hybridized carbons (Fsp3) is 0.200. The van der Waals surface area contributed by atoms with Crippen LogP contribution in [0.5, 0.6) is 5.75 Å². The van der Waals surface area contributed by atoms with Gasteiger partial charge < -0.3 is 19.8 Å². The maximum Gasteiger partial charge on any atom is 0.410 e. The van der Waals surface area contributed by atoms with E-state index in [0.717, 1.165) is 11.1 Å². The summed E-state index contributed by atoms with van der Waals surface area (Å²) in [4.78, 5) is 24.7. The first-order valence-electron chi connectivity index (χ1n) is 8.26. The number of carbonyl (C=O) groups excluding carboxylic acids is 1. The predicted molar refractivity (Wildman–Crippen MR) is 95.9 cm³/mol. The van der Waals surface area contributed by atoms with E-state index in [1.54, 1.807) is 11.0 Å². The van der Waals surface area contributed by atoms with Gasteiger partial charge in [-0.3, -0.25) is 0 Å². The van der Waals surface area contributed by atoms with Gasteiger partial charge in [0.25, 0.3) is 0 Å². The largest absolute Gasteiger partial charge is 0.507 e. The van der Waals surface area contributed by atoms with E-state index in [0.29, 0.717) is 25.1 Å². The Kier molecular flexibility index (Phi) is 5.22. The van der Waals surface area contributed by atoms with E-state index in [1.807, 2.05) is 36.4 Å². The Morgan fingerprint density at radius 2 is 1.88 bits per heavy atom. The first-order chi connectivity index (χ1) is 12.5. The molecule has 0 bridgehead atoms. The number of aromatic carboxylic acids is 1. The maximum atomic E-state index is 12.2. The molecule has 1 amide bonds. The van der Waals surface area contributed by atoms with Crippen molar-refractivity contribution in [2.45, 2.75) is 13.0 Å². The topological polar surface area (TPSA) is 87.1 Å². The number of carboxylic acid groups (broad SMARTS) is 1. The second-order valence-corrected chi connectivity index (χ2v) is 6.00. The standard InChI is InChI=1S/C20H19NO5/c22-18-12-16(19(23)24)6-7-17(18)15-8-10-21(11-9-15)20(25)26-13-14-4-2-1-3-5-14/h1-8,12,22H,9-11,13H2,(H,23,24). The van der Waals surface area contributed by atoms with E-state index in [4.69, 9.17) is 9.84 Å². The summed E-state index contributed by atoms with van der Waals surface area (Å²) in [5.74, 6) is -1.16. The predicted octanol–water partition coefficient (Wildman–Crippen LogP) is 3.52. The van der Waals surface area contributed by atoms with Gasteiger partial charge in [-0.05, 0) is 29.7 Å². The number of hydrogen-bond donors (Lipinski definition) is 2.